The van der Waals surface area contributed by atoms with Crippen LogP contribution in [-0.4, -0.2) is 15.2 Å². The minimum Gasteiger partial charge on any atom is -0.366 e. The van der Waals surface area contributed by atoms with Crippen molar-refractivity contribution in [3.8, 4) is 10.4 Å². The highest BCUT2D eigenvalue weighted by Gasteiger charge is 2.08. The molecule has 0 aliphatic heterocycles. The summed E-state index contributed by atoms with van der Waals surface area (Å²) < 4.78 is 0. The molecule has 2 aromatic heterocycles. The minimum absolute atomic E-state index is 0.200. The lowest BCUT2D eigenvalue weighted by atomic mass is 10.1. The molecular weight excluding hydrogens is 244 g/mol. The van der Waals surface area contributed by atoms with Crippen LogP contribution in [-0.2, 0) is 0 Å². The largest absolute Gasteiger partial charge is 0.366 e. The van der Waals surface area contributed by atoms with Gasteiger partial charge in [0.25, 0.3) is 0 Å². The molecule has 18 heavy (non-hydrogen) atoms. The lowest BCUT2D eigenvalue weighted by molar-refractivity contribution is 1.04. The fourth-order valence-electron chi connectivity index (χ4n) is 1.89. The Kier molecular flexibility index (Phi) is 2.48. The molecule has 0 atom stereocenters. The van der Waals surface area contributed by atoms with Crippen LogP contribution >= 0.6 is 11.3 Å². The van der Waals surface area contributed by atoms with E-state index in [1.807, 2.05) is 18.2 Å². The first kappa shape index (κ1) is 11.1. The van der Waals surface area contributed by atoms with Crippen LogP contribution in [0.1, 0.15) is 10.4 Å². The maximum Gasteiger partial charge on any atom is 0.240 e. The third-order valence-corrected chi connectivity index (χ3v) is 3.72. The number of fused-ring (bicyclic) bond motifs is 1. The van der Waals surface area contributed by atoms with Crippen LogP contribution in [0, 0.1) is 13.8 Å². The van der Waals surface area contributed by atoms with E-state index in [0.29, 0.717) is 0 Å². The van der Waals surface area contributed by atoms with E-state index in [2.05, 4.69) is 35.1 Å². The molecule has 0 fully saturated rings. The molecule has 1 aromatic carbocycles. The number of aromatic nitrogens is 3. The number of hydrogen-bond acceptors (Lipinski definition) is 5. The molecule has 0 aliphatic carbocycles. The highest BCUT2D eigenvalue weighted by molar-refractivity contribution is 7.15. The van der Waals surface area contributed by atoms with Crippen LogP contribution in [0.2, 0.25) is 0 Å². The summed E-state index contributed by atoms with van der Waals surface area (Å²) in [6.07, 6.45) is 0. The lowest BCUT2D eigenvalue weighted by Crippen LogP contribution is -1.98. The Balaban J connectivity index is 2.24. The summed E-state index contributed by atoms with van der Waals surface area (Å²) in [5, 5.41) is 7.85. The predicted molar refractivity (Wildman–Crippen MR) is 74.3 cm³/mol. The summed E-state index contributed by atoms with van der Waals surface area (Å²) in [6.45, 7) is 5.98. The van der Waals surface area contributed by atoms with E-state index in [1.54, 1.807) is 11.3 Å². The molecule has 89 valence electrons. The Hall–Kier alpha value is -2.01. The zero-order chi connectivity index (χ0) is 12.7. The first-order chi connectivity index (χ1) is 8.63. The first-order valence-electron chi connectivity index (χ1n) is 5.46. The molecule has 0 aliphatic rings. The maximum atomic E-state index is 5.54. The molecule has 4 nitrogen and oxygen atoms in total. The fourth-order valence-corrected chi connectivity index (χ4v) is 2.77. The normalized spacial score (nSPS) is 11.0. The van der Waals surface area contributed by atoms with Crippen molar-refractivity contribution in [1.29, 1.82) is 0 Å². The minimum atomic E-state index is 0.200. The van der Waals surface area contributed by atoms with Crippen LogP contribution in [0.3, 0.4) is 0 Å². The van der Waals surface area contributed by atoms with Crippen molar-refractivity contribution in [2.24, 2.45) is 0 Å². The van der Waals surface area contributed by atoms with E-state index in [1.165, 1.54) is 4.88 Å². The van der Waals surface area contributed by atoms with E-state index < -0.39 is 0 Å². The van der Waals surface area contributed by atoms with E-state index >= 15 is 0 Å². The average molecular weight is 255 g/mol. The van der Waals surface area contributed by atoms with E-state index in [9.17, 15) is 0 Å². The number of nitrogens with zero attached hydrogens (tertiary/aromatic N) is 3. The summed E-state index contributed by atoms with van der Waals surface area (Å²) in [5.41, 5.74) is 9.35. The number of aryl methyl sites for hydroxylation is 1. The lowest BCUT2D eigenvalue weighted by Gasteiger charge is -2.05. The summed E-state index contributed by atoms with van der Waals surface area (Å²) in [7, 11) is 0. The van der Waals surface area contributed by atoms with E-state index in [4.69, 9.17) is 5.73 Å². The zero-order valence-corrected chi connectivity index (χ0v) is 10.7. The molecule has 2 N–H and O–H groups in total. The van der Waals surface area contributed by atoms with Gasteiger partial charge in [-0.25, -0.2) is 4.98 Å². The van der Waals surface area contributed by atoms with Gasteiger partial charge < -0.3 is 5.73 Å². The van der Waals surface area contributed by atoms with Crippen LogP contribution in [0.15, 0.2) is 24.3 Å². The Bertz CT molecular complexity index is 733. The highest BCUT2D eigenvalue weighted by Crippen LogP contribution is 2.32. The van der Waals surface area contributed by atoms with Crippen molar-refractivity contribution in [3.05, 3.63) is 41.6 Å². The van der Waals surface area contributed by atoms with Crippen molar-refractivity contribution < 1.29 is 0 Å². The van der Waals surface area contributed by atoms with Crippen molar-refractivity contribution in [2.45, 2.75) is 6.92 Å². The van der Waals surface area contributed by atoms with Gasteiger partial charge in [0.2, 0.25) is 5.95 Å². The number of nitrogen functional groups attached to an aromatic ring is 1. The van der Waals surface area contributed by atoms with Gasteiger partial charge in [-0.15, -0.1) is 21.5 Å². The molecular formula is C13H11N4S. The molecule has 0 bridgehead atoms. The highest BCUT2D eigenvalue weighted by atomic mass is 32.1. The van der Waals surface area contributed by atoms with Crippen LogP contribution in [0.25, 0.3) is 21.5 Å². The average Bonchev–Trinajstić information content (AvgIpc) is 2.74. The summed E-state index contributed by atoms with van der Waals surface area (Å²) in [6, 6.07) is 8.06. The van der Waals surface area contributed by atoms with Gasteiger partial charge in [-0.1, -0.05) is 0 Å². The van der Waals surface area contributed by atoms with Gasteiger partial charge in [0.1, 0.15) is 5.52 Å². The monoisotopic (exact) mass is 255 g/mol. The smallest absolute Gasteiger partial charge is 0.240 e. The standard InChI is InChI=1S/C13H11N4S/c1-7-5-10-11(16-17-13(14)15-10)6-9(7)12-4-3-8(2)18-12/h3-6H,2H2,1H3,(H2,14,15,17). The van der Waals surface area contributed by atoms with Gasteiger partial charge in [-0.05, 0) is 49.2 Å². The number of hydrogen-bond donors (Lipinski definition) is 1. The third-order valence-electron chi connectivity index (χ3n) is 2.74. The Morgan fingerprint density at radius 3 is 2.72 bits per heavy atom. The predicted octanol–water partition coefficient (Wildman–Crippen LogP) is 2.83. The fraction of sp³-hybridized carbons (Fsp3) is 0.0769. The number of nitrogens with two attached hydrogens (primary N) is 1. The van der Waals surface area contributed by atoms with Crippen molar-refractivity contribution in [1.82, 2.24) is 15.2 Å². The quantitative estimate of drug-likeness (QED) is 0.726. The summed E-state index contributed by atoms with van der Waals surface area (Å²) in [4.78, 5) is 6.40. The molecule has 3 rings (SSSR count). The number of thiophene rings is 1. The Morgan fingerprint density at radius 1 is 1.17 bits per heavy atom. The number of rotatable bonds is 1. The van der Waals surface area contributed by atoms with Crippen molar-refractivity contribution in [2.75, 3.05) is 5.73 Å². The van der Waals surface area contributed by atoms with Gasteiger partial charge in [0.15, 0.2) is 0 Å². The van der Waals surface area contributed by atoms with Crippen molar-refractivity contribution in [3.63, 3.8) is 0 Å². The topological polar surface area (TPSA) is 64.7 Å². The summed E-state index contributed by atoms with van der Waals surface area (Å²) in [5.74, 6) is 0.200. The molecule has 0 saturated heterocycles. The molecule has 2 heterocycles. The second kappa shape index (κ2) is 4.03. The SMILES string of the molecule is [CH2]c1ccc(-c2cc3nnc(N)nc3cc2C)s1. The van der Waals surface area contributed by atoms with Gasteiger partial charge in [-0.3, -0.25) is 0 Å². The Morgan fingerprint density at radius 2 is 2.00 bits per heavy atom. The van der Waals surface area contributed by atoms with Crippen LogP contribution in [0.4, 0.5) is 5.95 Å². The van der Waals surface area contributed by atoms with Gasteiger partial charge in [0, 0.05) is 9.75 Å². The van der Waals surface area contributed by atoms with Gasteiger partial charge in [0.05, 0.1) is 5.52 Å². The van der Waals surface area contributed by atoms with Crippen LogP contribution < -0.4 is 5.73 Å². The molecule has 0 saturated carbocycles. The third kappa shape index (κ3) is 1.82. The van der Waals surface area contributed by atoms with Gasteiger partial charge in [-0.2, -0.15) is 0 Å². The number of anilines is 1. The van der Waals surface area contributed by atoms with Crippen LogP contribution in [0.5, 0.6) is 0 Å². The molecule has 0 unspecified atom stereocenters. The maximum absolute atomic E-state index is 5.54. The number of benzene rings is 1. The van der Waals surface area contributed by atoms with Crippen molar-refractivity contribution >= 4 is 28.3 Å². The van der Waals surface area contributed by atoms with E-state index in [-0.39, 0.29) is 5.95 Å². The second-order valence-corrected chi connectivity index (χ2v) is 5.26. The van der Waals surface area contributed by atoms with E-state index in [0.717, 1.165) is 27.0 Å². The Labute approximate surface area is 109 Å². The second-order valence-electron chi connectivity index (χ2n) is 4.09. The molecule has 1 radical (unpaired) electrons. The van der Waals surface area contributed by atoms with Gasteiger partial charge >= 0.3 is 0 Å². The first-order valence-corrected chi connectivity index (χ1v) is 6.28. The zero-order valence-electron chi connectivity index (χ0n) is 9.84. The summed E-state index contributed by atoms with van der Waals surface area (Å²) >= 11 is 1.66. The molecule has 0 amide bonds. The molecule has 3 aromatic rings. The molecule has 0 spiro atoms. The molecule has 5 heteroatoms.